The Balaban J connectivity index is 1.93. The van der Waals surface area contributed by atoms with Gasteiger partial charge in [0.25, 0.3) is 0 Å². The Morgan fingerprint density at radius 1 is 1.00 bits per heavy atom. The molecule has 1 aliphatic rings. The van der Waals surface area contributed by atoms with Crippen LogP contribution in [0.25, 0.3) is 0 Å². The van der Waals surface area contributed by atoms with Crippen molar-refractivity contribution in [2.45, 2.75) is 76.0 Å². The fourth-order valence-electron chi connectivity index (χ4n) is 2.78. The maximum absolute atomic E-state index is 11.8. The van der Waals surface area contributed by atoms with Crippen LogP contribution in [-0.2, 0) is 14.3 Å². The van der Waals surface area contributed by atoms with E-state index in [1.807, 2.05) is 0 Å². The SMILES string of the molecule is O=C(CCCCCCCCOC1CCCCO1)NC(CO)(CO)CO. The molecule has 0 bridgehead atoms. The van der Waals surface area contributed by atoms with Gasteiger partial charge in [0.15, 0.2) is 6.29 Å². The Hall–Kier alpha value is -0.730. The van der Waals surface area contributed by atoms with Crippen LogP contribution in [0.4, 0.5) is 0 Å². The summed E-state index contributed by atoms with van der Waals surface area (Å²) in [6, 6.07) is 0. The quantitative estimate of drug-likeness (QED) is 0.345. The molecule has 0 aliphatic carbocycles. The van der Waals surface area contributed by atoms with Crippen molar-refractivity contribution in [1.82, 2.24) is 5.32 Å². The predicted octanol–water partition coefficient (Wildman–Crippen LogP) is 1.09. The minimum absolute atomic E-state index is 0.00357. The molecule has 0 radical (unpaired) electrons. The molecule has 1 amide bonds. The van der Waals surface area contributed by atoms with Crippen LogP contribution in [0.2, 0.25) is 0 Å². The van der Waals surface area contributed by atoms with Gasteiger partial charge in [-0.2, -0.15) is 0 Å². The van der Waals surface area contributed by atoms with Crippen molar-refractivity contribution in [3.63, 3.8) is 0 Å². The first-order valence-corrected chi connectivity index (χ1v) is 9.52. The van der Waals surface area contributed by atoms with Crippen LogP contribution in [-0.4, -0.2) is 66.1 Å². The van der Waals surface area contributed by atoms with Gasteiger partial charge in [0.2, 0.25) is 5.91 Å². The number of rotatable bonds is 14. The number of unbranched alkanes of at least 4 members (excludes halogenated alkanes) is 5. The molecular weight excluding hydrogens is 326 g/mol. The minimum atomic E-state index is -1.32. The first-order chi connectivity index (χ1) is 12.2. The number of hydrogen-bond acceptors (Lipinski definition) is 6. The highest BCUT2D eigenvalue weighted by molar-refractivity contribution is 5.76. The Kier molecular flexibility index (Phi) is 12.0. The van der Waals surface area contributed by atoms with Crippen molar-refractivity contribution in [2.24, 2.45) is 0 Å². The van der Waals surface area contributed by atoms with E-state index in [-0.39, 0.29) is 12.2 Å². The van der Waals surface area contributed by atoms with E-state index in [4.69, 9.17) is 24.8 Å². The molecule has 1 fully saturated rings. The number of carbonyl (C=O) groups excluding carboxylic acids is 1. The number of ether oxygens (including phenoxy) is 2. The number of nitrogens with one attached hydrogen (secondary N) is 1. The van der Waals surface area contributed by atoms with Crippen LogP contribution < -0.4 is 5.32 Å². The van der Waals surface area contributed by atoms with Gasteiger partial charge < -0.3 is 30.1 Å². The van der Waals surface area contributed by atoms with E-state index >= 15 is 0 Å². The summed E-state index contributed by atoms with van der Waals surface area (Å²) in [6.07, 6.45) is 9.72. The van der Waals surface area contributed by atoms with Gasteiger partial charge in [-0.3, -0.25) is 4.79 Å². The molecule has 0 aromatic carbocycles. The molecule has 1 saturated heterocycles. The normalized spacial score (nSPS) is 18.3. The monoisotopic (exact) mass is 361 g/mol. The maximum Gasteiger partial charge on any atom is 0.220 e. The molecule has 1 heterocycles. The van der Waals surface area contributed by atoms with Gasteiger partial charge in [0.05, 0.1) is 19.8 Å². The van der Waals surface area contributed by atoms with E-state index in [1.165, 1.54) is 6.42 Å². The van der Waals surface area contributed by atoms with Crippen molar-refractivity contribution in [3.8, 4) is 0 Å². The molecular formula is C18H35NO6. The maximum atomic E-state index is 11.8. The number of carbonyl (C=O) groups is 1. The van der Waals surface area contributed by atoms with Gasteiger partial charge in [0, 0.05) is 19.6 Å². The number of amides is 1. The van der Waals surface area contributed by atoms with Gasteiger partial charge in [-0.15, -0.1) is 0 Å². The first kappa shape index (κ1) is 22.3. The smallest absolute Gasteiger partial charge is 0.220 e. The molecule has 148 valence electrons. The zero-order valence-electron chi connectivity index (χ0n) is 15.3. The summed E-state index contributed by atoms with van der Waals surface area (Å²) in [5.41, 5.74) is -1.32. The molecule has 1 rings (SSSR count). The van der Waals surface area contributed by atoms with Crippen molar-refractivity contribution in [1.29, 1.82) is 0 Å². The van der Waals surface area contributed by atoms with E-state index in [0.29, 0.717) is 6.42 Å². The molecule has 1 atom stereocenters. The molecule has 7 nitrogen and oxygen atoms in total. The second kappa shape index (κ2) is 13.5. The van der Waals surface area contributed by atoms with Crippen molar-refractivity contribution < 1.29 is 29.6 Å². The lowest BCUT2D eigenvalue weighted by Gasteiger charge is -2.28. The zero-order chi connectivity index (χ0) is 18.4. The fraction of sp³-hybridized carbons (Fsp3) is 0.944. The van der Waals surface area contributed by atoms with Gasteiger partial charge in [0.1, 0.15) is 5.54 Å². The fourth-order valence-corrected chi connectivity index (χ4v) is 2.78. The standard InChI is InChI=1S/C18H35NO6/c20-13-18(14-21,15-22)19-16(23)9-5-3-1-2-4-7-11-24-17-10-6-8-12-25-17/h17,20-22H,1-15H2,(H,19,23). The summed E-state index contributed by atoms with van der Waals surface area (Å²) in [5.74, 6) is -0.252. The summed E-state index contributed by atoms with van der Waals surface area (Å²) < 4.78 is 11.2. The Labute approximate surface area is 150 Å². The lowest BCUT2D eigenvalue weighted by molar-refractivity contribution is -0.162. The van der Waals surface area contributed by atoms with Crippen LogP contribution in [0, 0.1) is 0 Å². The van der Waals surface area contributed by atoms with E-state index < -0.39 is 25.4 Å². The second-order valence-electron chi connectivity index (χ2n) is 6.84. The molecule has 4 N–H and O–H groups in total. The number of aliphatic hydroxyl groups excluding tert-OH is 3. The summed E-state index contributed by atoms with van der Waals surface area (Å²) in [5, 5.41) is 30.0. The second-order valence-corrected chi connectivity index (χ2v) is 6.84. The van der Waals surface area contributed by atoms with Crippen LogP contribution in [0.1, 0.15) is 64.2 Å². The summed E-state index contributed by atoms with van der Waals surface area (Å²) in [7, 11) is 0. The van der Waals surface area contributed by atoms with Crippen LogP contribution in [0.3, 0.4) is 0 Å². The van der Waals surface area contributed by atoms with Gasteiger partial charge in [-0.05, 0) is 32.1 Å². The third-order valence-electron chi connectivity index (χ3n) is 4.55. The van der Waals surface area contributed by atoms with Crippen molar-refractivity contribution >= 4 is 5.91 Å². The molecule has 1 unspecified atom stereocenters. The molecule has 0 saturated carbocycles. The lowest BCUT2D eigenvalue weighted by Crippen LogP contribution is -2.57. The number of hydrogen-bond donors (Lipinski definition) is 4. The first-order valence-electron chi connectivity index (χ1n) is 9.52. The van der Waals surface area contributed by atoms with Crippen LogP contribution >= 0.6 is 0 Å². The highest BCUT2D eigenvalue weighted by Crippen LogP contribution is 2.14. The molecule has 0 aromatic rings. The number of aliphatic hydroxyl groups is 3. The van der Waals surface area contributed by atoms with Crippen LogP contribution in [0.5, 0.6) is 0 Å². The average molecular weight is 361 g/mol. The summed E-state index contributed by atoms with van der Waals surface area (Å²) in [4.78, 5) is 11.8. The summed E-state index contributed by atoms with van der Waals surface area (Å²) >= 11 is 0. The third-order valence-corrected chi connectivity index (χ3v) is 4.55. The van der Waals surface area contributed by atoms with Crippen molar-refractivity contribution in [2.75, 3.05) is 33.0 Å². The Morgan fingerprint density at radius 2 is 1.64 bits per heavy atom. The van der Waals surface area contributed by atoms with E-state index in [0.717, 1.165) is 64.6 Å². The minimum Gasteiger partial charge on any atom is -0.394 e. The zero-order valence-corrected chi connectivity index (χ0v) is 15.3. The van der Waals surface area contributed by atoms with Gasteiger partial charge in [-0.25, -0.2) is 0 Å². The molecule has 7 heteroatoms. The van der Waals surface area contributed by atoms with Gasteiger partial charge in [-0.1, -0.05) is 25.7 Å². The van der Waals surface area contributed by atoms with Gasteiger partial charge >= 0.3 is 0 Å². The highest BCUT2D eigenvalue weighted by atomic mass is 16.7. The summed E-state index contributed by atoms with van der Waals surface area (Å²) in [6.45, 7) is 0.103. The average Bonchev–Trinajstić information content (AvgIpc) is 2.65. The topological polar surface area (TPSA) is 108 Å². The lowest BCUT2D eigenvalue weighted by atomic mass is 10.0. The molecule has 1 aliphatic heterocycles. The van der Waals surface area contributed by atoms with E-state index in [9.17, 15) is 4.79 Å². The third kappa shape index (κ3) is 9.51. The van der Waals surface area contributed by atoms with Crippen molar-refractivity contribution in [3.05, 3.63) is 0 Å². The highest BCUT2D eigenvalue weighted by Gasteiger charge is 2.29. The Morgan fingerprint density at radius 3 is 2.24 bits per heavy atom. The van der Waals surface area contributed by atoms with E-state index in [1.54, 1.807) is 0 Å². The predicted molar refractivity (Wildman–Crippen MR) is 94.0 cm³/mol. The molecule has 25 heavy (non-hydrogen) atoms. The molecule has 0 spiro atoms. The largest absolute Gasteiger partial charge is 0.394 e. The van der Waals surface area contributed by atoms with E-state index in [2.05, 4.69) is 5.32 Å². The van der Waals surface area contributed by atoms with Crippen LogP contribution in [0.15, 0.2) is 0 Å². The Bertz CT molecular complexity index is 334. The molecule has 0 aromatic heterocycles.